The van der Waals surface area contributed by atoms with Crippen LogP contribution in [0.25, 0.3) is 0 Å². The second-order valence-corrected chi connectivity index (χ2v) is 7.46. The van der Waals surface area contributed by atoms with E-state index in [-0.39, 0.29) is 37.8 Å². The lowest BCUT2D eigenvalue weighted by Gasteiger charge is -2.44. The van der Waals surface area contributed by atoms with Gasteiger partial charge in [-0.1, -0.05) is 19.8 Å². The highest BCUT2D eigenvalue weighted by Crippen LogP contribution is 2.27. The molecule has 0 saturated heterocycles. The van der Waals surface area contributed by atoms with Crippen LogP contribution in [0.1, 0.15) is 39.0 Å². The van der Waals surface area contributed by atoms with Crippen molar-refractivity contribution >= 4 is 17.9 Å². The van der Waals surface area contributed by atoms with E-state index >= 15 is 0 Å². The standard InChI is InChI=1S/C18H33N3O6/c1-4-13(20(10-16(22)23)11-17(24)25)9-21(12-18(26)27)15-8-6-5-7-14(15)19(2)3/h13-15H,4-12H2,1-3H3,(H,22,23)(H,24,25)(H,26,27). The number of carboxylic acids is 3. The zero-order valence-corrected chi connectivity index (χ0v) is 16.5. The third kappa shape index (κ3) is 7.82. The van der Waals surface area contributed by atoms with Crippen molar-refractivity contribution in [2.75, 3.05) is 40.3 Å². The lowest BCUT2D eigenvalue weighted by atomic mass is 9.88. The first kappa shape index (κ1) is 23.3. The first-order valence-electron chi connectivity index (χ1n) is 9.45. The van der Waals surface area contributed by atoms with Crippen LogP contribution in [0, 0.1) is 0 Å². The third-order valence-corrected chi connectivity index (χ3v) is 5.27. The van der Waals surface area contributed by atoms with Crippen LogP contribution < -0.4 is 0 Å². The van der Waals surface area contributed by atoms with Gasteiger partial charge in [0.2, 0.25) is 0 Å². The smallest absolute Gasteiger partial charge is 0.317 e. The maximum Gasteiger partial charge on any atom is 0.317 e. The van der Waals surface area contributed by atoms with E-state index in [0.717, 1.165) is 25.7 Å². The molecule has 0 aromatic carbocycles. The Kier molecular flexibility index (Phi) is 9.68. The van der Waals surface area contributed by atoms with Crippen LogP contribution in [0.2, 0.25) is 0 Å². The van der Waals surface area contributed by atoms with Crippen LogP contribution in [0.5, 0.6) is 0 Å². The van der Waals surface area contributed by atoms with E-state index in [1.165, 1.54) is 4.90 Å². The summed E-state index contributed by atoms with van der Waals surface area (Å²) < 4.78 is 0. The molecule has 3 N–H and O–H groups in total. The topological polar surface area (TPSA) is 122 Å². The SMILES string of the molecule is CCC(CN(CC(=O)O)C1CCCCC1N(C)C)N(CC(=O)O)CC(=O)O. The molecule has 9 heteroatoms. The highest BCUT2D eigenvalue weighted by atomic mass is 16.4. The summed E-state index contributed by atoms with van der Waals surface area (Å²) in [5.41, 5.74) is 0. The Morgan fingerprint density at radius 3 is 1.78 bits per heavy atom. The van der Waals surface area contributed by atoms with Crippen molar-refractivity contribution < 1.29 is 29.7 Å². The quantitative estimate of drug-likeness (QED) is 0.439. The van der Waals surface area contributed by atoms with Crippen molar-refractivity contribution in [1.82, 2.24) is 14.7 Å². The Hall–Kier alpha value is -1.71. The van der Waals surface area contributed by atoms with Gasteiger partial charge in [0.1, 0.15) is 0 Å². The maximum absolute atomic E-state index is 11.5. The molecule has 1 rings (SSSR count). The molecule has 1 aliphatic rings. The lowest BCUT2D eigenvalue weighted by molar-refractivity contribution is -0.145. The van der Waals surface area contributed by atoms with Gasteiger partial charge in [-0.25, -0.2) is 0 Å². The van der Waals surface area contributed by atoms with E-state index in [1.54, 1.807) is 0 Å². The molecule has 1 fully saturated rings. The minimum Gasteiger partial charge on any atom is -0.480 e. The average Bonchev–Trinajstić information content (AvgIpc) is 2.56. The summed E-state index contributed by atoms with van der Waals surface area (Å²) in [4.78, 5) is 39.2. The third-order valence-electron chi connectivity index (χ3n) is 5.27. The Bertz CT molecular complexity index is 497. The molecule has 0 amide bonds. The van der Waals surface area contributed by atoms with Gasteiger partial charge in [-0.2, -0.15) is 0 Å². The summed E-state index contributed by atoms with van der Waals surface area (Å²) >= 11 is 0. The molecular weight excluding hydrogens is 354 g/mol. The largest absolute Gasteiger partial charge is 0.480 e. The lowest BCUT2D eigenvalue weighted by Crippen LogP contribution is -2.57. The molecule has 0 aromatic heterocycles. The van der Waals surface area contributed by atoms with Gasteiger partial charge in [0.15, 0.2) is 0 Å². The number of hydrogen-bond acceptors (Lipinski definition) is 6. The number of nitrogens with zero attached hydrogens (tertiary/aromatic N) is 3. The van der Waals surface area contributed by atoms with Crippen molar-refractivity contribution in [2.45, 2.75) is 57.2 Å². The molecule has 0 spiro atoms. The summed E-state index contributed by atoms with van der Waals surface area (Å²) in [6, 6.07) is -0.0697. The Balaban J connectivity index is 3.03. The molecule has 0 aliphatic heterocycles. The van der Waals surface area contributed by atoms with Crippen LogP contribution in [0.15, 0.2) is 0 Å². The minimum absolute atomic E-state index is 0.0513. The Morgan fingerprint density at radius 2 is 1.37 bits per heavy atom. The average molecular weight is 387 g/mol. The van der Waals surface area contributed by atoms with E-state index in [9.17, 15) is 19.5 Å². The van der Waals surface area contributed by atoms with Crippen LogP contribution in [-0.2, 0) is 14.4 Å². The zero-order chi connectivity index (χ0) is 20.6. The summed E-state index contributed by atoms with van der Waals surface area (Å²) in [7, 11) is 3.97. The molecule has 156 valence electrons. The number of carbonyl (C=O) groups is 3. The van der Waals surface area contributed by atoms with Crippen LogP contribution in [0.4, 0.5) is 0 Å². The van der Waals surface area contributed by atoms with Gasteiger partial charge in [-0.05, 0) is 33.4 Å². The number of rotatable bonds is 12. The number of likely N-dealkylation sites (N-methyl/N-ethyl adjacent to an activating group) is 1. The molecule has 9 nitrogen and oxygen atoms in total. The predicted molar refractivity (Wildman–Crippen MR) is 99.9 cm³/mol. The second kappa shape index (κ2) is 11.2. The van der Waals surface area contributed by atoms with Crippen molar-refractivity contribution in [1.29, 1.82) is 0 Å². The summed E-state index contributed by atoms with van der Waals surface area (Å²) in [5.74, 6) is -3.12. The Morgan fingerprint density at radius 1 is 0.889 bits per heavy atom. The molecule has 3 unspecified atom stereocenters. The second-order valence-electron chi connectivity index (χ2n) is 7.46. The monoisotopic (exact) mass is 387 g/mol. The zero-order valence-electron chi connectivity index (χ0n) is 16.5. The number of aliphatic carboxylic acids is 3. The number of hydrogen-bond donors (Lipinski definition) is 3. The molecular formula is C18H33N3O6. The first-order valence-corrected chi connectivity index (χ1v) is 9.45. The van der Waals surface area contributed by atoms with Gasteiger partial charge < -0.3 is 20.2 Å². The highest BCUT2D eigenvalue weighted by Gasteiger charge is 2.34. The van der Waals surface area contributed by atoms with Crippen molar-refractivity contribution in [3.8, 4) is 0 Å². The van der Waals surface area contributed by atoms with Crippen molar-refractivity contribution in [3.05, 3.63) is 0 Å². The molecule has 0 heterocycles. The van der Waals surface area contributed by atoms with Gasteiger partial charge in [-0.3, -0.25) is 24.2 Å². The molecule has 0 aromatic rings. The molecule has 0 bridgehead atoms. The molecule has 1 aliphatic carbocycles. The summed E-state index contributed by atoms with van der Waals surface area (Å²) in [6.45, 7) is 1.30. The predicted octanol–water partition coefficient (Wildman–Crippen LogP) is 0.496. The fraction of sp³-hybridized carbons (Fsp3) is 0.833. The van der Waals surface area contributed by atoms with Crippen molar-refractivity contribution in [3.63, 3.8) is 0 Å². The van der Waals surface area contributed by atoms with Crippen LogP contribution in [0.3, 0.4) is 0 Å². The van der Waals surface area contributed by atoms with E-state index in [2.05, 4.69) is 4.90 Å². The molecule has 0 radical (unpaired) electrons. The van der Waals surface area contributed by atoms with Gasteiger partial charge in [-0.15, -0.1) is 0 Å². The number of carboxylic acid groups (broad SMARTS) is 3. The van der Waals surface area contributed by atoms with Crippen molar-refractivity contribution in [2.24, 2.45) is 0 Å². The van der Waals surface area contributed by atoms with Crippen LogP contribution >= 0.6 is 0 Å². The van der Waals surface area contributed by atoms with Gasteiger partial charge in [0, 0.05) is 24.7 Å². The normalized spacial score (nSPS) is 21.6. The van der Waals surface area contributed by atoms with Gasteiger partial charge >= 0.3 is 17.9 Å². The Labute approximate surface area is 160 Å². The van der Waals surface area contributed by atoms with E-state index in [0.29, 0.717) is 13.0 Å². The van der Waals surface area contributed by atoms with E-state index in [1.807, 2.05) is 25.9 Å². The molecule has 3 atom stereocenters. The van der Waals surface area contributed by atoms with Crippen LogP contribution in [-0.4, -0.2) is 106 Å². The fourth-order valence-corrected chi connectivity index (χ4v) is 4.05. The molecule has 1 saturated carbocycles. The minimum atomic E-state index is -1.09. The maximum atomic E-state index is 11.5. The first-order chi connectivity index (χ1) is 12.6. The van der Waals surface area contributed by atoms with Gasteiger partial charge in [0.25, 0.3) is 0 Å². The van der Waals surface area contributed by atoms with E-state index < -0.39 is 17.9 Å². The van der Waals surface area contributed by atoms with E-state index in [4.69, 9.17) is 10.2 Å². The fourth-order valence-electron chi connectivity index (χ4n) is 4.05. The summed E-state index contributed by atoms with van der Waals surface area (Å²) in [6.07, 6.45) is 4.52. The summed E-state index contributed by atoms with van der Waals surface area (Å²) in [5, 5.41) is 27.7. The van der Waals surface area contributed by atoms with Gasteiger partial charge in [0.05, 0.1) is 19.6 Å². The molecule has 27 heavy (non-hydrogen) atoms. The highest BCUT2D eigenvalue weighted by molar-refractivity contribution is 5.72.